The van der Waals surface area contributed by atoms with E-state index in [2.05, 4.69) is 0 Å². The Kier molecular flexibility index (Phi) is 3.34. The number of carbonyl (C=O) groups is 2. The van der Waals surface area contributed by atoms with Crippen LogP contribution >= 0.6 is 0 Å². The van der Waals surface area contributed by atoms with E-state index in [1.165, 1.54) is 0 Å². The Labute approximate surface area is 165 Å². The molecule has 4 bridgehead atoms. The van der Waals surface area contributed by atoms with E-state index in [1.807, 2.05) is 65.0 Å². The normalized spacial score (nSPS) is 36.8. The molecule has 4 atom stereocenters. The van der Waals surface area contributed by atoms with E-state index in [4.69, 9.17) is 9.47 Å². The molecule has 1 saturated heterocycles. The first-order chi connectivity index (χ1) is 13.2. The number of benzene rings is 1. The molecular formula is C24H26O4. The Bertz CT molecular complexity index is 994. The summed E-state index contributed by atoms with van der Waals surface area (Å²) in [4.78, 5) is 27.4. The molecule has 0 amide bonds. The Hall–Kier alpha value is -2.20. The van der Waals surface area contributed by atoms with Gasteiger partial charge in [0.05, 0.1) is 11.2 Å². The largest absolute Gasteiger partial charge is 0.478 e. The molecule has 4 nitrogen and oxygen atoms in total. The monoisotopic (exact) mass is 378 g/mol. The van der Waals surface area contributed by atoms with Crippen molar-refractivity contribution in [1.82, 2.24) is 0 Å². The highest BCUT2D eigenvalue weighted by Crippen LogP contribution is 2.68. The highest BCUT2D eigenvalue weighted by molar-refractivity contribution is 6.17. The molecule has 0 N–H and O–H groups in total. The lowest BCUT2D eigenvalue weighted by Crippen LogP contribution is -2.72. The predicted molar refractivity (Wildman–Crippen MR) is 105 cm³/mol. The minimum absolute atomic E-state index is 0.00979. The molecule has 0 aromatic heterocycles. The molecule has 6 rings (SSSR count). The van der Waals surface area contributed by atoms with Crippen LogP contribution < -0.4 is 4.74 Å². The van der Waals surface area contributed by atoms with Crippen LogP contribution in [0.4, 0.5) is 0 Å². The van der Waals surface area contributed by atoms with Crippen LogP contribution in [-0.2, 0) is 9.53 Å². The Morgan fingerprint density at radius 1 is 1.21 bits per heavy atom. The zero-order valence-electron chi connectivity index (χ0n) is 17.1. The third-order valence-corrected chi connectivity index (χ3v) is 7.27. The second-order valence-electron chi connectivity index (χ2n) is 9.44. The molecule has 5 aliphatic rings. The van der Waals surface area contributed by atoms with Gasteiger partial charge >= 0.3 is 0 Å². The molecule has 4 heteroatoms. The maximum atomic E-state index is 13.8. The number of rotatable bonds is 2. The summed E-state index contributed by atoms with van der Waals surface area (Å²) in [5.41, 5.74) is 0.475. The molecule has 2 heterocycles. The molecule has 2 fully saturated rings. The van der Waals surface area contributed by atoms with E-state index in [-0.39, 0.29) is 23.4 Å². The number of ketones is 2. The average Bonchev–Trinajstić information content (AvgIpc) is 2.76. The quantitative estimate of drug-likeness (QED) is 0.714. The van der Waals surface area contributed by atoms with Gasteiger partial charge in [-0.25, -0.2) is 0 Å². The van der Waals surface area contributed by atoms with Gasteiger partial charge in [-0.15, -0.1) is 0 Å². The fourth-order valence-electron chi connectivity index (χ4n) is 6.14. The van der Waals surface area contributed by atoms with E-state index in [0.717, 1.165) is 11.1 Å². The van der Waals surface area contributed by atoms with Crippen molar-refractivity contribution in [2.45, 2.75) is 64.3 Å². The lowest BCUT2D eigenvalue weighted by Gasteiger charge is -2.57. The van der Waals surface area contributed by atoms with E-state index >= 15 is 0 Å². The fraction of sp³-hybridized carbons (Fsp3) is 0.500. The van der Waals surface area contributed by atoms with Gasteiger partial charge in [0.2, 0.25) is 0 Å². The number of carbonyl (C=O) groups excluding carboxylic acids is 2. The van der Waals surface area contributed by atoms with Crippen LogP contribution in [0.1, 0.15) is 57.8 Å². The van der Waals surface area contributed by atoms with Crippen LogP contribution in [0.25, 0.3) is 0 Å². The lowest BCUT2D eigenvalue weighted by molar-refractivity contribution is -0.172. The first kappa shape index (κ1) is 17.9. The summed E-state index contributed by atoms with van der Waals surface area (Å²) < 4.78 is 13.3. The van der Waals surface area contributed by atoms with E-state index in [9.17, 15) is 9.59 Å². The summed E-state index contributed by atoms with van der Waals surface area (Å²) in [7, 11) is 0. The standard InChI is InChI=1S/C24H26O4/c1-13(2)10-11-23-21(26)16-12-18(22(4,5)28-23)24(23)19(14(16)3)20(25)15-8-6-7-9-17(15)27-24/h6-10,16,18H,11-12H2,1-5H3/t16-,18-,23-,24-/m0/s1. The molecule has 3 aliphatic carbocycles. The van der Waals surface area contributed by atoms with Crippen LogP contribution in [0.2, 0.25) is 0 Å². The number of Topliss-reactive ketones (excluding diaryl/α,β-unsaturated/α-hetero) is 2. The topological polar surface area (TPSA) is 52.6 Å². The van der Waals surface area contributed by atoms with Gasteiger partial charge in [0.25, 0.3) is 0 Å². The molecule has 0 radical (unpaired) electrons. The maximum Gasteiger partial charge on any atom is 0.196 e. The van der Waals surface area contributed by atoms with Gasteiger partial charge in [-0.1, -0.05) is 29.4 Å². The summed E-state index contributed by atoms with van der Waals surface area (Å²) in [5.74, 6) is 0.297. The average molecular weight is 378 g/mol. The van der Waals surface area contributed by atoms with Crippen molar-refractivity contribution in [2.75, 3.05) is 0 Å². The van der Waals surface area contributed by atoms with E-state index in [1.54, 1.807) is 0 Å². The van der Waals surface area contributed by atoms with Crippen molar-refractivity contribution >= 4 is 11.6 Å². The van der Waals surface area contributed by atoms with Crippen molar-refractivity contribution in [2.24, 2.45) is 11.8 Å². The highest BCUT2D eigenvalue weighted by Gasteiger charge is 2.81. The van der Waals surface area contributed by atoms with Crippen LogP contribution in [0.5, 0.6) is 5.75 Å². The Morgan fingerprint density at radius 3 is 2.64 bits per heavy atom. The molecule has 0 unspecified atom stereocenters. The van der Waals surface area contributed by atoms with E-state index in [0.29, 0.717) is 29.7 Å². The molecule has 1 spiro atoms. The van der Waals surface area contributed by atoms with Crippen molar-refractivity contribution in [3.8, 4) is 5.75 Å². The summed E-state index contributed by atoms with van der Waals surface area (Å²) >= 11 is 0. The van der Waals surface area contributed by atoms with Gasteiger partial charge in [0.1, 0.15) is 5.75 Å². The molecule has 146 valence electrons. The van der Waals surface area contributed by atoms with Crippen molar-refractivity contribution in [3.63, 3.8) is 0 Å². The maximum absolute atomic E-state index is 13.8. The van der Waals surface area contributed by atoms with Crippen molar-refractivity contribution < 1.29 is 19.1 Å². The minimum Gasteiger partial charge on any atom is -0.478 e. The first-order valence-electron chi connectivity index (χ1n) is 10.1. The number of hydrogen-bond acceptors (Lipinski definition) is 4. The molecule has 1 aromatic rings. The van der Waals surface area contributed by atoms with Crippen molar-refractivity contribution in [3.05, 3.63) is 52.6 Å². The highest BCUT2D eigenvalue weighted by atomic mass is 16.6. The zero-order valence-corrected chi connectivity index (χ0v) is 17.1. The predicted octanol–water partition coefficient (Wildman–Crippen LogP) is 4.44. The van der Waals surface area contributed by atoms with Crippen LogP contribution in [0, 0.1) is 11.8 Å². The van der Waals surface area contributed by atoms with Gasteiger partial charge in [-0.05, 0) is 53.2 Å². The third kappa shape index (κ3) is 1.80. The van der Waals surface area contributed by atoms with Gasteiger partial charge in [-0.3, -0.25) is 9.59 Å². The summed E-state index contributed by atoms with van der Waals surface area (Å²) in [6.07, 6.45) is 3.15. The zero-order chi connectivity index (χ0) is 20.1. The van der Waals surface area contributed by atoms with Gasteiger partial charge < -0.3 is 9.47 Å². The number of para-hydroxylation sites is 1. The number of fused-ring (bicyclic) bond motifs is 1. The van der Waals surface area contributed by atoms with Gasteiger partial charge in [0.15, 0.2) is 22.8 Å². The molecule has 28 heavy (non-hydrogen) atoms. The van der Waals surface area contributed by atoms with Crippen LogP contribution in [0.15, 0.2) is 47.1 Å². The van der Waals surface area contributed by atoms with Crippen molar-refractivity contribution in [1.29, 1.82) is 0 Å². The Morgan fingerprint density at radius 2 is 1.93 bits per heavy atom. The molecule has 1 saturated carbocycles. The van der Waals surface area contributed by atoms with E-state index < -0.39 is 16.8 Å². The molecule has 1 aromatic carbocycles. The SMILES string of the molecule is CC(C)=CC[C@]12OC(C)(C)[C@@H]3C[C@H](C1=O)C(C)=C1C(=O)c4ccccc4O[C@]132. The Balaban J connectivity index is 1.85. The third-order valence-electron chi connectivity index (χ3n) is 7.27. The molecule has 2 aliphatic heterocycles. The van der Waals surface area contributed by atoms with Crippen LogP contribution in [-0.4, -0.2) is 28.4 Å². The van der Waals surface area contributed by atoms with Gasteiger partial charge in [-0.2, -0.15) is 0 Å². The summed E-state index contributed by atoms with van der Waals surface area (Å²) in [6.45, 7) is 10.0. The second kappa shape index (κ2) is 5.24. The second-order valence-corrected chi connectivity index (χ2v) is 9.44. The smallest absolute Gasteiger partial charge is 0.196 e. The lowest BCUT2D eigenvalue weighted by atomic mass is 9.49. The number of hydrogen-bond donors (Lipinski definition) is 0. The number of allylic oxidation sites excluding steroid dienone is 2. The number of ether oxygens (including phenoxy) is 2. The van der Waals surface area contributed by atoms with Gasteiger partial charge in [0, 0.05) is 23.8 Å². The first-order valence-corrected chi connectivity index (χ1v) is 10.1. The molecular weight excluding hydrogens is 352 g/mol. The minimum atomic E-state index is -1.15. The van der Waals surface area contributed by atoms with Crippen LogP contribution in [0.3, 0.4) is 0 Å². The summed E-state index contributed by atoms with van der Waals surface area (Å²) in [5, 5.41) is 0. The summed E-state index contributed by atoms with van der Waals surface area (Å²) in [6, 6.07) is 7.37. The fourth-order valence-corrected chi connectivity index (χ4v) is 6.14.